The number of thioether (sulfide) groups is 1. The van der Waals surface area contributed by atoms with Crippen LogP contribution in [0.1, 0.15) is 18.4 Å². The molecule has 1 aromatic rings. The van der Waals surface area contributed by atoms with Gasteiger partial charge in [-0.1, -0.05) is 42.2 Å². The van der Waals surface area contributed by atoms with Crippen LogP contribution in [0.15, 0.2) is 39.7 Å². The molecule has 3 nitrogen and oxygen atoms in total. The molecule has 0 bridgehead atoms. The summed E-state index contributed by atoms with van der Waals surface area (Å²) in [5, 5.41) is 2.56. The number of nitrogens with one attached hydrogen (secondary N) is 1. The summed E-state index contributed by atoms with van der Waals surface area (Å²) in [5.74, 6) is 1.53. The number of carbonyl (C=O) groups is 1. The minimum absolute atomic E-state index is 0.192. The van der Waals surface area contributed by atoms with E-state index in [1.165, 1.54) is 11.8 Å². The molecule has 0 unspecified atom stereocenters. The molecular formula is C14H12ClNO2S2. The number of rotatable bonds is 4. The molecule has 1 saturated heterocycles. The Labute approximate surface area is 131 Å². The fourth-order valence-corrected chi connectivity index (χ4v) is 2.84. The van der Waals surface area contributed by atoms with Gasteiger partial charge in [-0.15, -0.1) is 11.6 Å². The van der Waals surface area contributed by atoms with Crippen molar-refractivity contribution in [2.24, 2.45) is 0 Å². The van der Waals surface area contributed by atoms with Crippen LogP contribution in [0.4, 0.5) is 0 Å². The molecule has 1 aromatic heterocycles. The summed E-state index contributed by atoms with van der Waals surface area (Å²) in [6.07, 6.45) is 7.38. The third-order valence-corrected chi connectivity index (χ3v) is 3.79. The third kappa shape index (κ3) is 3.62. The Morgan fingerprint density at radius 1 is 1.55 bits per heavy atom. The maximum Gasteiger partial charge on any atom is 0.263 e. The van der Waals surface area contributed by atoms with Crippen molar-refractivity contribution in [1.29, 1.82) is 0 Å². The summed E-state index contributed by atoms with van der Waals surface area (Å²) >= 11 is 11.9. The van der Waals surface area contributed by atoms with E-state index in [0.29, 0.717) is 26.6 Å². The molecule has 104 valence electrons. The Kier molecular flexibility index (Phi) is 5.23. The molecule has 1 aliphatic rings. The number of carbonyl (C=O) groups excluding carboxylic acids is 1. The van der Waals surface area contributed by atoms with Crippen LogP contribution < -0.4 is 5.32 Å². The largest absolute Gasteiger partial charge is 0.457 e. The first-order chi connectivity index (χ1) is 9.63. The smallest absolute Gasteiger partial charge is 0.263 e. The van der Waals surface area contributed by atoms with Crippen molar-refractivity contribution in [3.05, 3.63) is 46.8 Å². The molecule has 6 heteroatoms. The highest BCUT2D eigenvalue weighted by atomic mass is 35.5. The van der Waals surface area contributed by atoms with Crippen molar-refractivity contribution in [3.63, 3.8) is 0 Å². The van der Waals surface area contributed by atoms with Crippen molar-refractivity contribution >= 4 is 57.5 Å². The van der Waals surface area contributed by atoms with Crippen molar-refractivity contribution in [2.75, 3.05) is 5.88 Å². The predicted molar refractivity (Wildman–Crippen MR) is 88.5 cm³/mol. The zero-order valence-electron chi connectivity index (χ0n) is 10.7. The van der Waals surface area contributed by atoms with Gasteiger partial charge in [0, 0.05) is 17.5 Å². The van der Waals surface area contributed by atoms with Crippen LogP contribution in [-0.2, 0) is 4.79 Å². The summed E-state index contributed by atoms with van der Waals surface area (Å²) in [6, 6.07) is 3.66. The highest BCUT2D eigenvalue weighted by molar-refractivity contribution is 8.26. The fourth-order valence-electron chi connectivity index (χ4n) is 1.65. The summed E-state index contributed by atoms with van der Waals surface area (Å²) < 4.78 is 6.17. The predicted octanol–water partition coefficient (Wildman–Crippen LogP) is 3.97. The molecule has 0 atom stereocenters. The van der Waals surface area contributed by atoms with Gasteiger partial charge in [-0.2, -0.15) is 0 Å². The lowest BCUT2D eigenvalue weighted by atomic mass is 10.2. The van der Waals surface area contributed by atoms with Crippen LogP contribution in [0.25, 0.3) is 11.6 Å². The van der Waals surface area contributed by atoms with Crippen LogP contribution in [0.2, 0.25) is 0 Å². The number of halogens is 1. The minimum Gasteiger partial charge on any atom is -0.457 e. The molecule has 1 aliphatic heterocycles. The Bertz CT molecular complexity index is 629. The Morgan fingerprint density at radius 2 is 2.35 bits per heavy atom. The quantitative estimate of drug-likeness (QED) is 0.394. The molecular weight excluding hydrogens is 314 g/mol. The van der Waals surface area contributed by atoms with Crippen molar-refractivity contribution in [3.8, 4) is 0 Å². The zero-order chi connectivity index (χ0) is 14.5. The van der Waals surface area contributed by atoms with Crippen LogP contribution >= 0.6 is 35.6 Å². The lowest BCUT2D eigenvalue weighted by Gasteiger charge is -1.96. The standard InChI is InChI=1S/C14H12ClNO2S2/c1-2-3-9(6-7-15)11-5-4-10(18-11)8-12-13(17)16-14(19)20-12/h2-6,8H,7H2,1H3,(H,16,17,19)/b3-2-,9-6+,12-8-. The van der Waals surface area contributed by atoms with Gasteiger partial charge in [0.2, 0.25) is 0 Å². The van der Waals surface area contributed by atoms with E-state index >= 15 is 0 Å². The van der Waals surface area contributed by atoms with Gasteiger partial charge < -0.3 is 9.73 Å². The zero-order valence-corrected chi connectivity index (χ0v) is 13.1. The number of alkyl halides is 1. The molecule has 2 rings (SSSR count). The number of hydrogen-bond donors (Lipinski definition) is 1. The van der Waals surface area contributed by atoms with E-state index in [4.69, 9.17) is 28.2 Å². The van der Waals surface area contributed by atoms with Gasteiger partial charge in [-0.25, -0.2) is 0 Å². The van der Waals surface area contributed by atoms with Gasteiger partial charge >= 0.3 is 0 Å². The molecule has 0 aromatic carbocycles. The van der Waals surface area contributed by atoms with Crippen LogP contribution in [-0.4, -0.2) is 16.1 Å². The molecule has 0 aliphatic carbocycles. The highest BCUT2D eigenvalue weighted by Gasteiger charge is 2.22. The fraction of sp³-hybridized carbons (Fsp3) is 0.143. The molecule has 1 fully saturated rings. The van der Waals surface area contributed by atoms with Gasteiger partial charge in [0.1, 0.15) is 15.8 Å². The second kappa shape index (κ2) is 6.92. The number of amides is 1. The third-order valence-electron chi connectivity index (χ3n) is 2.47. The number of furan rings is 1. The van der Waals surface area contributed by atoms with Crippen LogP contribution in [0.3, 0.4) is 0 Å². The number of hydrogen-bond acceptors (Lipinski definition) is 4. The first-order valence-electron chi connectivity index (χ1n) is 5.88. The molecule has 2 heterocycles. The van der Waals surface area contributed by atoms with Gasteiger partial charge in [-0.05, 0) is 19.1 Å². The molecule has 0 radical (unpaired) electrons. The topological polar surface area (TPSA) is 42.2 Å². The Balaban J connectivity index is 2.25. The molecule has 20 heavy (non-hydrogen) atoms. The Hall–Kier alpha value is -1.30. The molecule has 0 saturated carbocycles. The van der Waals surface area contributed by atoms with Crippen LogP contribution in [0, 0.1) is 0 Å². The SMILES string of the molecule is C/C=C\C(=C/CCl)c1ccc(/C=C2\SC(=S)NC2=O)o1. The first-order valence-corrected chi connectivity index (χ1v) is 7.64. The number of thiocarbonyl (C=S) groups is 1. The average Bonchev–Trinajstić information content (AvgIpc) is 2.97. The second-order valence-electron chi connectivity index (χ2n) is 3.87. The van der Waals surface area contributed by atoms with Gasteiger partial charge in [0.25, 0.3) is 5.91 Å². The number of allylic oxidation sites excluding steroid dienone is 4. The van der Waals surface area contributed by atoms with E-state index in [0.717, 1.165) is 5.57 Å². The van der Waals surface area contributed by atoms with E-state index in [1.807, 2.05) is 37.3 Å². The summed E-state index contributed by atoms with van der Waals surface area (Å²) in [7, 11) is 0. The summed E-state index contributed by atoms with van der Waals surface area (Å²) in [4.78, 5) is 12.1. The molecule has 1 N–H and O–H groups in total. The average molecular weight is 326 g/mol. The first kappa shape index (κ1) is 15.1. The summed E-state index contributed by atoms with van der Waals surface area (Å²) in [5.41, 5.74) is 0.909. The monoisotopic (exact) mass is 325 g/mol. The van der Waals surface area contributed by atoms with E-state index < -0.39 is 0 Å². The van der Waals surface area contributed by atoms with Gasteiger partial charge in [-0.3, -0.25) is 4.79 Å². The van der Waals surface area contributed by atoms with E-state index in [2.05, 4.69) is 5.32 Å². The molecule has 0 spiro atoms. The molecule has 1 amide bonds. The van der Waals surface area contributed by atoms with E-state index in [1.54, 1.807) is 6.08 Å². The van der Waals surface area contributed by atoms with E-state index in [-0.39, 0.29) is 5.91 Å². The lowest BCUT2D eigenvalue weighted by Crippen LogP contribution is -2.17. The van der Waals surface area contributed by atoms with Crippen molar-refractivity contribution in [1.82, 2.24) is 5.32 Å². The second-order valence-corrected chi connectivity index (χ2v) is 5.90. The summed E-state index contributed by atoms with van der Waals surface area (Å²) in [6.45, 7) is 1.92. The van der Waals surface area contributed by atoms with Gasteiger partial charge in [0.15, 0.2) is 0 Å². The van der Waals surface area contributed by atoms with E-state index in [9.17, 15) is 4.79 Å². The van der Waals surface area contributed by atoms with Crippen LogP contribution in [0.5, 0.6) is 0 Å². The lowest BCUT2D eigenvalue weighted by molar-refractivity contribution is -0.115. The maximum absolute atomic E-state index is 11.6. The maximum atomic E-state index is 11.6. The Morgan fingerprint density at radius 3 is 2.95 bits per heavy atom. The highest BCUT2D eigenvalue weighted by Crippen LogP contribution is 2.27. The minimum atomic E-state index is -0.192. The van der Waals surface area contributed by atoms with Crippen molar-refractivity contribution < 1.29 is 9.21 Å². The van der Waals surface area contributed by atoms with Gasteiger partial charge in [0.05, 0.1) is 4.91 Å². The normalized spacial score (nSPS) is 18.3. The van der Waals surface area contributed by atoms with Crippen molar-refractivity contribution in [2.45, 2.75) is 6.92 Å².